The van der Waals surface area contributed by atoms with E-state index >= 15 is 0 Å². The maximum absolute atomic E-state index is 14.0. The Bertz CT molecular complexity index is 1550. The van der Waals surface area contributed by atoms with Gasteiger partial charge < -0.3 is 15.4 Å². The van der Waals surface area contributed by atoms with E-state index in [1.807, 2.05) is 84.9 Å². The van der Waals surface area contributed by atoms with Crippen molar-refractivity contribution < 1.29 is 19.1 Å². The maximum Gasteiger partial charge on any atom is 0.341 e. The van der Waals surface area contributed by atoms with Gasteiger partial charge in [-0.15, -0.1) is 23.1 Å². The molecule has 1 aliphatic rings. The van der Waals surface area contributed by atoms with Crippen molar-refractivity contribution in [1.82, 2.24) is 0 Å². The van der Waals surface area contributed by atoms with Crippen LogP contribution in [-0.4, -0.2) is 24.4 Å². The van der Waals surface area contributed by atoms with E-state index in [1.54, 1.807) is 6.92 Å². The predicted molar refractivity (Wildman–Crippen MR) is 175 cm³/mol. The summed E-state index contributed by atoms with van der Waals surface area (Å²) in [5.74, 6) is -0.696. The highest BCUT2D eigenvalue weighted by Crippen LogP contribution is 2.41. The van der Waals surface area contributed by atoms with E-state index in [-0.39, 0.29) is 30.8 Å². The molecule has 8 heteroatoms. The number of ether oxygens (including phenoxy) is 1. The summed E-state index contributed by atoms with van der Waals surface area (Å²) in [5.41, 5.74) is 3.99. The second kappa shape index (κ2) is 15.0. The minimum Gasteiger partial charge on any atom is -0.462 e. The van der Waals surface area contributed by atoms with Gasteiger partial charge in [0.1, 0.15) is 10.3 Å². The maximum atomic E-state index is 14.0. The van der Waals surface area contributed by atoms with Crippen molar-refractivity contribution in [2.75, 3.05) is 17.2 Å². The molecule has 43 heavy (non-hydrogen) atoms. The molecule has 222 valence electrons. The summed E-state index contributed by atoms with van der Waals surface area (Å²) in [6, 6.07) is 26.8. The molecule has 2 amide bonds. The lowest BCUT2D eigenvalue weighted by molar-refractivity contribution is -0.116. The number of thioether (sulfide) groups is 1. The van der Waals surface area contributed by atoms with E-state index in [4.69, 9.17) is 4.74 Å². The number of rotatable bonds is 10. The summed E-state index contributed by atoms with van der Waals surface area (Å²) in [6.07, 6.45) is 6.40. The molecule has 1 atom stereocenters. The average molecular weight is 613 g/mol. The minimum absolute atomic E-state index is 0.106. The van der Waals surface area contributed by atoms with E-state index < -0.39 is 5.25 Å². The monoisotopic (exact) mass is 612 g/mol. The van der Waals surface area contributed by atoms with Crippen molar-refractivity contribution in [3.05, 3.63) is 112 Å². The quantitative estimate of drug-likeness (QED) is 0.139. The van der Waals surface area contributed by atoms with Gasteiger partial charge in [-0.25, -0.2) is 4.79 Å². The molecule has 2 N–H and O–H groups in total. The molecule has 3 aromatic carbocycles. The van der Waals surface area contributed by atoms with Crippen molar-refractivity contribution in [1.29, 1.82) is 0 Å². The average Bonchev–Trinajstić information content (AvgIpc) is 3.32. The molecule has 1 aromatic heterocycles. The Morgan fingerprint density at radius 3 is 2.33 bits per heavy atom. The second-order valence-electron chi connectivity index (χ2n) is 10.5. The lowest BCUT2D eigenvalue weighted by Crippen LogP contribution is -2.20. The number of aryl methyl sites for hydroxylation is 1. The summed E-state index contributed by atoms with van der Waals surface area (Å²) >= 11 is 2.91. The van der Waals surface area contributed by atoms with Crippen molar-refractivity contribution in [2.45, 2.75) is 62.0 Å². The van der Waals surface area contributed by atoms with Crippen molar-refractivity contribution in [3.8, 4) is 0 Å². The van der Waals surface area contributed by atoms with E-state index in [1.165, 1.54) is 34.4 Å². The van der Waals surface area contributed by atoms with Crippen LogP contribution >= 0.6 is 23.1 Å². The van der Waals surface area contributed by atoms with Crippen LogP contribution in [-0.2, 0) is 33.6 Å². The number of nitrogens with one attached hydrogen (secondary N) is 2. The molecular formula is C35H36N2O4S2. The molecule has 1 unspecified atom stereocenters. The molecule has 5 rings (SSSR count). The normalized spacial score (nSPS) is 13.6. The van der Waals surface area contributed by atoms with Gasteiger partial charge in [0.05, 0.1) is 18.6 Å². The summed E-state index contributed by atoms with van der Waals surface area (Å²) < 4.78 is 5.45. The Morgan fingerprint density at radius 1 is 0.860 bits per heavy atom. The van der Waals surface area contributed by atoms with Gasteiger partial charge in [0.25, 0.3) is 0 Å². The Morgan fingerprint density at radius 2 is 1.58 bits per heavy atom. The number of esters is 1. The minimum atomic E-state index is -0.587. The second-order valence-corrected chi connectivity index (χ2v) is 12.8. The van der Waals surface area contributed by atoms with E-state index in [0.29, 0.717) is 16.3 Å². The summed E-state index contributed by atoms with van der Waals surface area (Å²) in [7, 11) is 0. The Hall–Kier alpha value is -3.88. The first kappa shape index (κ1) is 30.6. The molecule has 1 aliphatic carbocycles. The molecule has 0 bridgehead atoms. The van der Waals surface area contributed by atoms with Crippen LogP contribution in [0.4, 0.5) is 10.7 Å². The third-order valence-electron chi connectivity index (χ3n) is 7.31. The van der Waals surface area contributed by atoms with Crippen LogP contribution in [0.1, 0.15) is 69.8 Å². The fourth-order valence-electron chi connectivity index (χ4n) is 5.27. The van der Waals surface area contributed by atoms with Crippen LogP contribution in [0.5, 0.6) is 0 Å². The van der Waals surface area contributed by atoms with Crippen LogP contribution in [0.15, 0.2) is 89.8 Å². The van der Waals surface area contributed by atoms with Crippen LogP contribution in [0.25, 0.3) is 0 Å². The number of anilines is 2. The molecule has 4 aromatic rings. The van der Waals surface area contributed by atoms with Crippen LogP contribution in [0.2, 0.25) is 0 Å². The van der Waals surface area contributed by atoms with Gasteiger partial charge in [-0.2, -0.15) is 0 Å². The topological polar surface area (TPSA) is 84.5 Å². The Kier molecular flexibility index (Phi) is 10.7. The van der Waals surface area contributed by atoms with Crippen LogP contribution < -0.4 is 10.6 Å². The molecular weight excluding hydrogens is 577 g/mol. The van der Waals surface area contributed by atoms with Gasteiger partial charge in [0.15, 0.2) is 0 Å². The van der Waals surface area contributed by atoms with Gasteiger partial charge in [0.2, 0.25) is 11.8 Å². The predicted octanol–water partition coefficient (Wildman–Crippen LogP) is 8.24. The van der Waals surface area contributed by atoms with Crippen molar-refractivity contribution in [2.24, 2.45) is 0 Å². The summed E-state index contributed by atoms with van der Waals surface area (Å²) in [5, 5.41) is 6.09. The van der Waals surface area contributed by atoms with Gasteiger partial charge in [-0.1, -0.05) is 79.6 Å². The number of carbonyl (C=O) groups is 3. The van der Waals surface area contributed by atoms with Gasteiger partial charge in [0, 0.05) is 15.5 Å². The molecule has 6 nitrogen and oxygen atoms in total. The molecule has 0 radical (unpaired) electrons. The third-order valence-corrected chi connectivity index (χ3v) is 9.76. The van der Waals surface area contributed by atoms with Crippen molar-refractivity contribution in [3.63, 3.8) is 0 Å². The van der Waals surface area contributed by atoms with Crippen molar-refractivity contribution >= 4 is 51.6 Å². The Balaban J connectivity index is 1.38. The lowest BCUT2D eigenvalue weighted by Gasteiger charge is -2.18. The fraction of sp³-hybridized carbons (Fsp3) is 0.286. The Labute approximate surface area is 261 Å². The standard InChI is InChI=1S/C35H36N2O4S2/c1-2-41-35(40)31-28-20-11-3-4-12-21-29(28)43-34(31)37-33(39)32(25-16-9-6-10-17-25)42-27-19-13-18-26(23-27)36-30(38)22-24-14-7-5-8-15-24/h5-10,13-19,23,32H,2-4,11-12,20-22H2,1H3,(H,36,38)(H,37,39). The highest BCUT2D eigenvalue weighted by molar-refractivity contribution is 8.00. The first-order valence-electron chi connectivity index (χ1n) is 14.8. The van der Waals surface area contributed by atoms with Crippen LogP contribution in [0.3, 0.4) is 0 Å². The van der Waals surface area contributed by atoms with E-state index in [0.717, 1.165) is 53.7 Å². The van der Waals surface area contributed by atoms with E-state index in [2.05, 4.69) is 10.6 Å². The molecule has 0 saturated heterocycles. The van der Waals surface area contributed by atoms with Gasteiger partial charge in [-0.05, 0) is 67.5 Å². The number of amides is 2. The van der Waals surface area contributed by atoms with Gasteiger partial charge in [-0.3, -0.25) is 9.59 Å². The summed E-state index contributed by atoms with van der Waals surface area (Å²) in [4.78, 5) is 41.9. The molecule has 1 heterocycles. The number of carbonyl (C=O) groups excluding carboxylic acids is 3. The smallest absolute Gasteiger partial charge is 0.341 e. The highest BCUT2D eigenvalue weighted by atomic mass is 32.2. The third kappa shape index (κ3) is 8.15. The molecule has 0 saturated carbocycles. The number of hydrogen-bond donors (Lipinski definition) is 2. The van der Waals surface area contributed by atoms with Gasteiger partial charge >= 0.3 is 5.97 Å². The lowest BCUT2D eigenvalue weighted by atomic mass is 9.96. The zero-order chi connectivity index (χ0) is 30.0. The zero-order valence-corrected chi connectivity index (χ0v) is 25.9. The first-order valence-corrected chi connectivity index (χ1v) is 16.5. The zero-order valence-electron chi connectivity index (χ0n) is 24.3. The number of hydrogen-bond acceptors (Lipinski definition) is 6. The largest absolute Gasteiger partial charge is 0.462 e. The van der Waals surface area contributed by atoms with E-state index in [9.17, 15) is 14.4 Å². The molecule has 0 fully saturated rings. The number of thiophene rings is 1. The fourth-order valence-corrected chi connectivity index (χ4v) is 7.64. The number of benzene rings is 3. The summed E-state index contributed by atoms with van der Waals surface area (Å²) in [6.45, 7) is 2.07. The SMILES string of the molecule is CCOC(=O)c1c(NC(=O)C(Sc2cccc(NC(=O)Cc3ccccc3)c2)c2ccccc2)sc2c1CCCCCC2. The number of fused-ring (bicyclic) bond motifs is 1. The molecule has 0 aliphatic heterocycles. The first-order chi connectivity index (χ1) is 21.0. The molecule has 0 spiro atoms. The highest BCUT2D eigenvalue weighted by Gasteiger charge is 2.29. The van der Waals surface area contributed by atoms with Crippen LogP contribution in [0, 0.1) is 0 Å².